The molecule has 6 rings (SSSR count). The van der Waals surface area contributed by atoms with E-state index in [4.69, 9.17) is 4.74 Å². The van der Waals surface area contributed by atoms with E-state index in [0.717, 1.165) is 35.2 Å². The third-order valence-corrected chi connectivity index (χ3v) is 8.13. The molecular weight excluding hydrogens is 587 g/mol. The minimum absolute atomic E-state index is 0.104. The molecule has 2 aliphatic rings. The maximum atomic E-state index is 12.9. The average Bonchev–Trinajstić information content (AvgIpc) is 3.36. The zero-order valence-corrected chi connectivity index (χ0v) is 25.6. The number of hydrogen-bond acceptors (Lipinski definition) is 9. The fourth-order valence-electron chi connectivity index (χ4n) is 5.50. The van der Waals surface area contributed by atoms with Crippen LogP contribution >= 0.6 is 0 Å². The molecule has 45 heavy (non-hydrogen) atoms. The first-order valence-electron chi connectivity index (χ1n) is 14.9. The Kier molecular flexibility index (Phi) is 8.02. The molecule has 5 heterocycles. The molecule has 4 aromatic rings. The Hall–Kier alpha value is -4.46. The number of aromatic nitrogens is 5. The fraction of sp³-hybridized carbons (Fsp3) is 0.452. The van der Waals surface area contributed by atoms with Crippen molar-refractivity contribution in [2.75, 3.05) is 49.5 Å². The summed E-state index contributed by atoms with van der Waals surface area (Å²) in [6.07, 6.45) is -1.34. The molecule has 0 bridgehead atoms. The summed E-state index contributed by atoms with van der Waals surface area (Å²) in [5.41, 5.74) is 3.46. The molecule has 2 fully saturated rings. The Labute approximate surface area is 258 Å². The number of carbonyl (C=O) groups excluding carboxylic acids is 1. The number of benzene rings is 1. The lowest BCUT2D eigenvalue weighted by Gasteiger charge is -2.40. The number of pyridine rings is 1. The number of piperazine rings is 1. The summed E-state index contributed by atoms with van der Waals surface area (Å²) in [7, 11) is 0. The van der Waals surface area contributed by atoms with E-state index in [1.54, 1.807) is 22.1 Å². The lowest BCUT2D eigenvalue weighted by molar-refractivity contribution is -0.180. The molecule has 0 aliphatic carbocycles. The maximum Gasteiger partial charge on any atom is 0.410 e. The number of rotatable bonds is 6. The van der Waals surface area contributed by atoms with Crippen LogP contribution < -0.4 is 10.2 Å². The molecule has 14 heteroatoms. The highest BCUT2D eigenvalue weighted by Gasteiger charge is 2.47. The number of hydrogen-bond donors (Lipinski definition) is 2. The monoisotopic (exact) mass is 623 g/mol. The van der Waals surface area contributed by atoms with E-state index in [2.05, 4.69) is 42.1 Å². The van der Waals surface area contributed by atoms with Crippen LogP contribution in [0.1, 0.15) is 39.3 Å². The van der Waals surface area contributed by atoms with Crippen LogP contribution in [0.3, 0.4) is 0 Å². The van der Waals surface area contributed by atoms with Gasteiger partial charge < -0.3 is 24.8 Å². The molecular formula is C31H36F3N9O2. The van der Waals surface area contributed by atoms with Gasteiger partial charge in [0.1, 0.15) is 23.6 Å². The van der Waals surface area contributed by atoms with Gasteiger partial charge in [-0.1, -0.05) is 6.07 Å². The van der Waals surface area contributed by atoms with Gasteiger partial charge in [0.2, 0.25) is 5.95 Å². The van der Waals surface area contributed by atoms with Crippen molar-refractivity contribution in [1.29, 1.82) is 0 Å². The van der Waals surface area contributed by atoms with Crippen molar-refractivity contribution in [3.05, 3.63) is 54.5 Å². The highest BCUT2D eigenvalue weighted by atomic mass is 19.4. The van der Waals surface area contributed by atoms with E-state index in [9.17, 15) is 18.0 Å². The molecule has 1 aromatic carbocycles. The van der Waals surface area contributed by atoms with Crippen LogP contribution in [0.25, 0.3) is 22.3 Å². The van der Waals surface area contributed by atoms with Gasteiger partial charge in [-0.3, -0.25) is 4.90 Å². The zero-order chi connectivity index (χ0) is 31.9. The molecule has 3 aromatic heterocycles. The van der Waals surface area contributed by atoms with Crippen LogP contribution in [-0.2, 0) is 4.74 Å². The van der Waals surface area contributed by atoms with Crippen LogP contribution in [0, 0.1) is 5.92 Å². The van der Waals surface area contributed by atoms with Gasteiger partial charge >= 0.3 is 12.3 Å². The second kappa shape index (κ2) is 11.8. The molecule has 0 spiro atoms. The van der Waals surface area contributed by atoms with Gasteiger partial charge in [0.15, 0.2) is 0 Å². The molecule has 2 aliphatic heterocycles. The lowest BCUT2D eigenvalue weighted by Crippen LogP contribution is -2.53. The number of imidazole rings is 1. The first-order chi connectivity index (χ1) is 21.3. The Balaban J connectivity index is 1.10. The molecule has 1 unspecified atom stereocenters. The number of carbonyl (C=O) groups is 1. The quantitative estimate of drug-likeness (QED) is 0.276. The van der Waals surface area contributed by atoms with E-state index < -0.39 is 17.7 Å². The lowest BCUT2D eigenvalue weighted by atomic mass is 9.99. The highest BCUT2D eigenvalue weighted by Crippen LogP contribution is 2.36. The molecule has 1 atom stereocenters. The number of amides is 1. The van der Waals surface area contributed by atoms with Crippen molar-refractivity contribution in [2.45, 2.75) is 45.5 Å². The SMILES string of the molecule is CC(c1ccnc(Nc2nc3ccc(-c4cc(N5CC(C(F)(F)F)C5)ncn4)cc3[nH]2)c1)N1CCN(C(=O)OC(C)(C)C)CC1. The topological polar surface area (TPSA) is 115 Å². The normalized spacial score (nSPS) is 17.3. The van der Waals surface area contributed by atoms with Crippen LogP contribution in [-0.4, -0.2) is 91.9 Å². The van der Waals surface area contributed by atoms with Gasteiger partial charge in [0.25, 0.3) is 0 Å². The minimum atomic E-state index is -4.20. The van der Waals surface area contributed by atoms with E-state index >= 15 is 0 Å². The first-order valence-corrected chi connectivity index (χ1v) is 14.9. The second-order valence-electron chi connectivity index (χ2n) is 12.5. The Morgan fingerprint density at radius 2 is 1.78 bits per heavy atom. The van der Waals surface area contributed by atoms with E-state index in [0.29, 0.717) is 36.4 Å². The molecule has 2 saturated heterocycles. The number of fused-ring (bicyclic) bond motifs is 1. The number of halogens is 3. The van der Waals surface area contributed by atoms with Gasteiger partial charge in [0, 0.05) is 63.1 Å². The van der Waals surface area contributed by atoms with Gasteiger partial charge in [-0.25, -0.2) is 24.7 Å². The second-order valence-corrected chi connectivity index (χ2v) is 12.5. The molecule has 1 amide bonds. The molecule has 11 nitrogen and oxygen atoms in total. The Bertz CT molecular complexity index is 1670. The predicted octanol–water partition coefficient (Wildman–Crippen LogP) is 5.77. The van der Waals surface area contributed by atoms with E-state index in [1.165, 1.54) is 6.33 Å². The van der Waals surface area contributed by atoms with Crippen molar-refractivity contribution in [3.8, 4) is 11.3 Å². The average molecular weight is 624 g/mol. The van der Waals surface area contributed by atoms with Gasteiger partial charge in [-0.05, 0) is 57.5 Å². The number of anilines is 3. The number of ether oxygens (including phenoxy) is 1. The minimum Gasteiger partial charge on any atom is -0.444 e. The van der Waals surface area contributed by atoms with Crippen molar-refractivity contribution in [1.82, 2.24) is 34.7 Å². The number of alkyl halides is 3. The van der Waals surface area contributed by atoms with Gasteiger partial charge in [0.05, 0.1) is 22.6 Å². The summed E-state index contributed by atoms with van der Waals surface area (Å²) in [5.74, 6) is 0.298. The summed E-state index contributed by atoms with van der Waals surface area (Å²) in [6, 6.07) is 11.4. The van der Waals surface area contributed by atoms with E-state index in [-0.39, 0.29) is 25.2 Å². The summed E-state index contributed by atoms with van der Waals surface area (Å²) in [4.78, 5) is 39.0. The largest absolute Gasteiger partial charge is 0.444 e. The van der Waals surface area contributed by atoms with Crippen LogP contribution in [0.15, 0.2) is 48.9 Å². The molecule has 238 valence electrons. The van der Waals surface area contributed by atoms with Crippen LogP contribution in [0.2, 0.25) is 0 Å². The number of nitrogens with one attached hydrogen (secondary N) is 2. The zero-order valence-electron chi connectivity index (χ0n) is 25.6. The van der Waals surface area contributed by atoms with Crippen molar-refractivity contribution >= 4 is 34.7 Å². The third kappa shape index (κ3) is 6.95. The predicted molar refractivity (Wildman–Crippen MR) is 164 cm³/mol. The summed E-state index contributed by atoms with van der Waals surface area (Å²) >= 11 is 0. The van der Waals surface area contributed by atoms with Gasteiger partial charge in [-0.15, -0.1) is 0 Å². The first kappa shape index (κ1) is 30.6. The van der Waals surface area contributed by atoms with Crippen molar-refractivity contribution < 1.29 is 22.7 Å². The highest BCUT2D eigenvalue weighted by molar-refractivity contribution is 5.83. The molecule has 0 saturated carbocycles. The fourth-order valence-corrected chi connectivity index (χ4v) is 5.50. The van der Waals surface area contributed by atoms with Crippen molar-refractivity contribution in [3.63, 3.8) is 0 Å². The van der Waals surface area contributed by atoms with Crippen LogP contribution in [0.4, 0.5) is 35.5 Å². The number of aromatic amines is 1. The summed E-state index contributed by atoms with van der Waals surface area (Å²) < 4.78 is 44.3. The Morgan fingerprint density at radius 3 is 2.49 bits per heavy atom. The van der Waals surface area contributed by atoms with Gasteiger partial charge in [-0.2, -0.15) is 13.2 Å². The number of H-pyrrole nitrogens is 1. The summed E-state index contributed by atoms with van der Waals surface area (Å²) in [5, 5.41) is 3.26. The maximum absolute atomic E-state index is 12.9. The Morgan fingerprint density at radius 1 is 1.02 bits per heavy atom. The standard InChI is InChI=1S/C31H36F3N9O2/c1-19(41-9-11-42(12-10-41)29(44)45-30(2,3)4)20-7-8-35-26(14-20)40-28-38-23-6-5-21(13-25(23)39-28)24-15-27(37-18-36-24)43-16-22(17-43)31(32,33)34/h5-8,13-15,18-19,22H,9-12,16-17H2,1-4H3,(H2,35,38,39,40). The van der Waals surface area contributed by atoms with E-state index in [1.807, 2.05) is 51.1 Å². The molecule has 2 N–H and O–H groups in total. The summed E-state index contributed by atoms with van der Waals surface area (Å²) in [6.45, 7) is 10.2. The molecule has 0 radical (unpaired) electrons. The van der Waals surface area contributed by atoms with Crippen LogP contribution in [0.5, 0.6) is 0 Å². The van der Waals surface area contributed by atoms with Crippen molar-refractivity contribution in [2.24, 2.45) is 5.92 Å². The smallest absolute Gasteiger partial charge is 0.410 e. The number of nitrogens with zero attached hydrogens (tertiary/aromatic N) is 7. The third-order valence-electron chi connectivity index (χ3n) is 8.13.